The monoisotopic (exact) mass is 455 g/mol. The number of pyridine rings is 1. The minimum atomic E-state index is -0.697. The van der Waals surface area contributed by atoms with Crippen LogP contribution in [0.4, 0.5) is 0 Å². The van der Waals surface area contributed by atoms with Gasteiger partial charge in [-0.15, -0.1) is 12.4 Å². The molecule has 168 valence electrons. The van der Waals surface area contributed by atoms with Gasteiger partial charge in [0.05, 0.1) is 6.61 Å². The van der Waals surface area contributed by atoms with Crippen molar-refractivity contribution < 1.29 is 19.7 Å². The fourth-order valence-corrected chi connectivity index (χ4v) is 2.92. The van der Waals surface area contributed by atoms with Crippen molar-refractivity contribution in [3.8, 4) is 23.4 Å². The van der Waals surface area contributed by atoms with E-state index < -0.39 is 6.10 Å². The molecule has 1 aromatic heterocycles. The van der Waals surface area contributed by atoms with Crippen molar-refractivity contribution in [1.29, 1.82) is 5.26 Å². The molecule has 0 aliphatic carbocycles. The van der Waals surface area contributed by atoms with E-state index in [-0.39, 0.29) is 37.5 Å². The van der Waals surface area contributed by atoms with E-state index in [1.54, 1.807) is 30.5 Å². The van der Waals surface area contributed by atoms with Gasteiger partial charge in [0.1, 0.15) is 35.8 Å². The molecule has 1 heterocycles. The largest absolute Gasteiger partial charge is 0.491 e. The van der Waals surface area contributed by atoms with Crippen LogP contribution in [0, 0.1) is 11.3 Å². The number of para-hydroxylation sites is 1. The third kappa shape index (κ3) is 7.84. The lowest BCUT2D eigenvalue weighted by molar-refractivity contribution is 0.0997. The molecule has 3 N–H and O–H groups in total. The fraction of sp³-hybridized carbons (Fsp3) is 0.250. The molecule has 0 spiro atoms. The van der Waals surface area contributed by atoms with Gasteiger partial charge in [-0.2, -0.15) is 5.26 Å². The van der Waals surface area contributed by atoms with Gasteiger partial charge in [0.15, 0.2) is 0 Å². The van der Waals surface area contributed by atoms with Crippen molar-refractivity contribution in [1.82, 2.24) is 10.3 Å². The molecule has 0 aliphatic rings. The van der Waals surface area contributed by atoms with E-state index in [0.29, 0.717) is 30.0 Å². The van der Waals surface area contributed by atoms with E-state index >= 15 is 0 Å². The molecule has 0 unspecified atom stereocenters. The molecule has 2 aromatic carbocycles. The lowest BCUT2D eigenvalue weighted by Crippen LogP contribution is -2.41. The van der Waals surface area contributed by atoms with Gasteiger partial charge in [-0.1, -0.05) is 30.3 Å². The molecule has 2 atom stereocenters. The highest BCUT2D eigenvalue weighted by molar-refractivity contribution is 5.85. The van der Waals surface area contributed by atoms with Crippen molar-refractivity contribution in [2.75, 3.05) is 19.8 Å². The van der Waals surface area contributed by atoms with Gasteiger partial charge < -0.3 is 25.0 Å². The predicted octanol–water partition coefficient (Wildman–Crippen LogP) is 3.10. The Kier molecular flexibility index (Phi) is 10.4. The van der Waals surface area contributed by atoms with Crippen LogP contribution in [0.1, 0.15) is 11.1 Å². The van der Waals surface area contributed by atoms with Gasteiger partial charge in [0.2, 0.25) is 5.88 Å². The summed E-state index contributed by atoms with van der Waals surface area (Å²) in [5.74, 6) is 1.54. The number of nitriles is 1. The molecule has 32 heavy (non-hydrogen) atoms. The van der Waals surface area contributed by atoms with Gasteiger partial charge in [-0.3, -0.25) is 0 Å². The van der Waals surface area contributed by atoms with Crippen LogP contribution in [-0.2, 0) is 6.42 Å². The number of hydrogen-bond acceptors (Lipinski definition) is 7. The minimum Gasteiger partial charge on any atom is -0.491 e. The smallest absolute Gasteiger partial charge is 0.237 e. The van der Waals surface area contributed by atoms with Crippen molar-refractivity contribution in [3.05, 3.63) is 84.1 Å². The number of rotatable bonds is 11. The standard InChI is InChI=1S/C24H25N3O4.ClH/c25-14-19-5-4-12-26-24(19)31-23-10-8-18(9-11-23)13-20(16-28)27-15-21(29)17-30-22-6-2-1-3-7-22;/h1-12,20-21,27-29H,13,15-17H2;1H/t20-,21-;/m0./s1. The number of nitrogens with zero attached hydrogens (tertiary/aromatic N) is 2. The van der Waals surface area contributed by atoms with Crippen molar-refractivity contribution in [2.45, 2.75) is 18.6 Å². The number of aliphatic hydroxyl groups excluding tert-OH is 2. The maximum atomic E-state index is 10.1. The first-order chi connectivity index (χ1) is 15.2. The van der Waals surface area contributed by atoms with E-state index in [4.69, 9.17) is 14.7 Å². The Balaban J connectivity index is 0.00000363. The summed E-state index contributed by atoms with van der Waals surface area (Å²) in [6, 6.07) is 21.8. The molecule has 0 radical (unpaired) electrons. The van der Waals surface area contributed by atoms with Crippen LogP contribution in [0.5, 0.6) is 17.4 Å². The van der Waals surface area contributed by atoms with Crippen LogP contribution in [0.2, 0.25) is 0 Å². The summed E-state index contributed by atoms with van der Waals surface area (Å²) < 4.78 is 11.2. The molecule has 0 bridgehead atoms. The first kappa shape index (κ1) is 25.1. The summed E-state index contributed by atoms with van der Waals surface area (Å²) >= 11 is 0. The van der Waals surface area contributed by atoms with Crippen LogP contribution in [0.3, 0.4) is 0 Å². The second-order valence-corrected chi connectivity index (χ2v) is 6.98. The third-order valence-corrected chi connectivity index (χ3v) is 4.56. The summed E-state index contributed by atoms with van der Waals surface area (Å²) in [4.78, 5) is 4.08. The lowest BCUT2D eigenvalue weighted by atomic mass is 10.1. The Morgan fingerprint density at radius 1 is 1.00 bits per heavy atom. The highest BCUT2D eigenvalue weighted by Gasteiger charge is 2.12. The highest BCUT2D eigenvalue weighted by Crippen LogP contribution is 2.23. The van der Waals surface area contributed by atoms with E-state index in [1.165, 1.54) is 0 Å². The number of hydrogen-bond donors (Lipinski definition) is 3. The molecular weight excluding hydrogens is 430 g/mol. The molecule has 0 amide bonds. The maximum absolute atomic E-state index is 10.1. The van der Waals surface area contributed by atoms with E-state index in [9.17, 15) is 10.2 Å². The fourth-order valence-electron chi connectivity index (χ4n) is 2.92. The van der Waals surface area contributed by atoms with Gasteiger partial charge in [-0.25, -0.2) is 4.98 Å². The number of aromatic nitrogens is 1. The number of aliphatic hydroxyl groups is 2. The first-order valence-corrected chi connectivity index (χ1v) is 10.00. The normalized spacial score (nSPS) is 12.2. The molecule has 3 aromatic rings. The Morgan fingerprint density at radius 3 is 2.44 bits per heavy atom. The maximum Gasteiger partial charge on any atom is 0.237 e. The van der Waals surface area contributed by atoms with Gasteiger partial charge in [-0.05, 0) is 48.4 Å². The van der Waals surface area contributed by atoms with Gasteiger partial charge in [0, 0.05) is 18.8 Å². The second kappa shape index (κ2) is 13.3. The molecule has 0 saturated carbocycles. The Bertz CT molecular complexity index is 981. The number of halogens is 1. The van der Waals surface area contributed by atoms with Crippen molar-refractivity contribution >= 4 is 12.4 Å². The number of ether oxygens (including phenoxy) is 2. The molecule has 7 nitrogen and oxygen atoms in total. The predicted molar refractivity (Wildman–Crippen MR) is 123 cm³/mol. The Morgan fingerprint density at radius 2 is 1.75 bits per heavy atom. The number of benzene rings is 2. The van der Waals surface area contributed by atoms with Gasteiger partial charge in [0.25, 0.3) is 0 Å². The second-order valence-electron chi connectivity index (χ2n) is 6.98. The topological polar surface area (TPSA) is 108 Å². The quantitative estimate of drug-likeness (QED) is 0.407. The molecule has 3 rings (SSSR count). The average Bonchev–Trinajstić information content (AvgIpc) is 2.82. The van der Waals surface area contributed by atoms with E-state index in [1.807, 2.05) is 48.5 Å². The average molecular weight is 456 g/mol. The zero-order valence-electron chi connectivity index (χ0n) is 17.4. The van der Waals surface area contributed by atoms with Crippen molar-refractivity contribution in [3.63, 3.8) is 0 Å². The molecular formula is C24H26ClN3O4. The highest BCUT2D eigenvalue weighted by atomic mass is 35.5. The van der Waals surface area contributed by atoms with Crippen LogP contribution >= 0.6 is 12.4 Å². The molecule has 0 fully saturated rings. The zero-order chi connectivity index (χ0) is 21.9. The molecule has 0 aliphatic heterocycles. The van der Waals surface area contributed by atoms with Crippen LogP contribution in [-0.4, -0.2) is 47.1 Å². The zero-order valence-corrected chi connectivity index (χ0v) is 18.2. The SMILES string of the molecule is Cl.N#Cc1cccnc1Oc1ccc(C[C@@H](CO)NC[C@H](O)COc2ccccc2)cc1. The van der Waals surface area contributed by atoms with Crippen LogP contribution < -0.4 is 14.8 Å². The summed E-state index contributed by atoms with van der Waals surface area (Å²) in [6.45, 7) is 0.402. The summed E-state index contributed by atoms with van der Waals surface area (Å²) in [6.07, 6.45) is 1.45. The third-order valence-electron chi connectivity index (χ3n) is 4.56. The molecule has 8 heteroatoms. The first-order valence-electron chi connectivity index (χ1n) is 10.00. The Labute approximate surface area is 193 Å². The van der Waals surface area contributed by atoms with Crippen LogP contribution in [0.25, 0.3) is 0 Å². The summed E-state index contributed by atoms with van der Waals surface area (Å²) in [7, 11) is 0. The van der Waals surface area contributed by atoms with Gasteiger partial charge >= 0.3 is 0 Å². The summed E-state index contributed by atoms with van der Waals surface area (Å²) in [5.41, 5.74) is 1.36. The van der Waals surface area contributed by atoms with E-state index in [0.717, 1.165) is 5.56 Å². The van der Waals surface area contributed by atoms with Crippen LogP contribution in [0.15, 0.2) is 72.9 Å². The minimum absolute atomic E-state index is 0. The number of nitrogens with one attached hydrogen (secondary N) is 1. The summed E-state index contributed by atoms with van der Waals surface area (Å²) in [5, 5.41) is 32.1. The lowest BCUT2D eigenvalue weighted by Gasteiger charge is -2.19. The van der Waals surface area contributed by atoms with E-state index in [2.05, 4.69) is 10.3 Å². The Hall–Kier alpha value is -3.15. The van der Waals surface area contributed by atoms with Crippen molar-refractivity contribution in [2.24, 2.45) is 0 Å². The molecule has 0 saturated heterocycles.